The molecule has 0 unspecified atom stereocenters. The summed E-state index contributed by atoms with van der Waals surface area (Å²) in [7, 11) is 0. The van der Waals surface area contributed by atoms with Gasteiger partial charge in [0.25, 0.3) is 0 Å². The van der Waals surface area contributed by atoms with Crippen LogP contribution in [0.1, 0.15) is 71.1 Å². The molecule has 1 saturated heterocycles. The molecule has 0 aromatic carbocycles. The predicted octanol–water partition coefficient (Wildman–Crippen LogP) is 3.02. The summed E-state index contributed by atoms with van der Waals surface area (Å²) < 4.78 is 0. The fourth-order valence-corrected chi connectivity index (χ4v) is 2.03. The number of hydrogen-bond donors (Lipinski definition) is 2. The van der Waals surface area contributed by atoms with Crippen molar-refractivity contribution in [3.63, 3.8) is 0 Å². The zero-order valence-electron chi connectivity index (χ0n) is 12.2. The van der Waals surface area contributed by atoms with Crippen LogP contribution in [0.15, 0.2) is 0 Å². The maximum atomic E-state index is 11.1. The van der Waals surface area contributed by atoms with Crippen molar-refractivity contribution in [2.24, 2.45) is 5.73 Å². The van der Waals surface area contributed by atoms with Crippen LogP contribution in [0.5, 0.6) is 0 Å². The average molecular weight is 256 g/mol. The molecule has 1 heterocycles. The van der Waals surface area contributed by atoms with E-state index in [0.29, 0.717) is 5.78 Å². The standard InChI is InChI=1S/C10H21NO.C5H11N/c1-2-7-10(12)8-5-3-4-6-9-11;1-2-4-6-5-3-1/h2-9,11H2,1H3;6H,1-5H2. The van der Waals surface area contributed by atoms with Crippen molar-refractivity contribution in [1.82, 2.24) is 5.32 Å². The molecule has 1 aliphatic heterocycles. The molecule has 3 nitrogen and oxygen atoms in total. The van der Waals surface area contributed by atoms with Gasteiger partial charge in [-0.3, -0.25) is 4.79 Å². The zero-order chi connectivity index (χ0) is 13.5. The smallest absolute Gasteiger partial charge is 0.132 e. The molecule has 108 valence electrons. The highest BCUT2D eigenvalue weighted by Crippen LogP contribution is 2.05. The first-order chi connectivity index (χ1) is 8.81. The molecular weight excluding hydrogens is 224 g/mol. The van der Waals surface area contributed by atoms with Gasteiger partial charge in [0.1, 0.15) is 5.78 Å². The Hall–Kier alpha value is -0.410. The molecule has 0 aromatic heterocycles. The molecule has 1 fully saturated rings. The van der Waals surface area contributed by atoms with Gasteiger partial charge >= 0.3 is 0 Å². The second-order valence-electron chi connectivity index (χ2n) is 5.05. The number of Topliss-reactive ketones (excluding diaryl/α,β-unsaturated/α-hetero) is 1. The molecule has 0 saturated carbocycles. The van der Waals surface area contributed by atoms with E-state index in [0.717, 1.165) is 45.1 Å². The Morgan fingerprint density at radius 3 is 2.11 bits per heavy atom. The van der Waals surface area contributed by atoms with Gasteiger partial charge in [-0.15, -0.1) is 0 Å². The third-order valence-electron chi connectivity index (χ3n) is 3.15. The molecule has 3 N–H and O–H groups in total. The molecule has 1 rings (SSSR count). The fraction of sp³-hybridized carbons (Fsp3) is 0.933. The van der Waals surface area contributed by atoms with E-state index < -0.39 is 0 Å². The lowest BCUT2D eigenvalue weighted by Crippen LogP contribution is -2.21. The molecule has 0 atom stereocenters. The summed E-state index contributed by atoms with van der Waals surface area (Å²) in [5.74, 6) is 0.422. The number of piperidine rings is 1. The van der Waals surface area contributed by atoms with Gasteiger partial charge in [-0.2, -0.15) is 0 Å². The number of carbonyl (C=O) groups is 1. The number of hydrogen-bond acceptors (Lipinski definition) is 3. The maximum Gasteiger partial charge on any atom is 0.132 e. The first-order valence-electron chi connectivity index (χ1n) is 7.73. The lowest BCUT2D eigenvalue weighted by Gasteiger charge is -2.08. The first-order valence-corrected chi connectivity index (χ1v) is 7.73. The van der Waals surface area contributed by atoms with E-state index in [2.05, 4.69) is 5.32 Å². The van der Waals surface area contributed by atoms with Gasteiger partial charge in [0.15, 0.2) is 0 Å². The third-order valence-corrected chi connectivity index (χ3v) is 3.15. The number of ketones is 1. The minimum Gasteiger partial charge on any atom is -0.330 e. The van der Waals surface area contributed by atoms with E-state index in [1.807, 2.05) is 6.92 Å². The highest BCUT2D eigenvalue weighted by Gasteiger charge is 1.98. The quantitative estimate of drug-likeness (QED) is 0.656. The van der Waals surface area contributed by atoms with Crippen LogP contribution in [0.4, 0.5) is 0 Å². The number of unbranched alkanes of at least 4 members (excludes halogenated alkanes) is 3. The average Bonchev–Trinajstić information content (AvgIpc) is 2.41. The molecule has 0 aliphatic carbocycles. The summed E-state index contributed by atoms with van der Waals surface area (Å²) in [5, 5.41) is 3.28. The highest BCUT2D eigenvalue weighted by atomic mass is 16.1. The summed E-state index contributed by atoms with van der Waals surface area (Å²) in [6.45, 7) is 5.33. The topological polar surface area (TPSA) is 55.1 Å². The number of rotatable bonds is 8. The van der Waals surface area contributed by atoms with Crippen molar-refractivity contribution < 1.29 is 4.79 Å². The van der Waals surface area contributed by atoms with Gasteiger partial charge < -0.3 is 11.1 Å². The van der Waals surface area contributed by atoms with Crippen molar-refractivity contribution >= 4 is 5.78 Å². The summed E-state index contributed by atoms with van der Waals surface area (Å²) in [6.07, 6.45) is 11.2. The van der Waals surface area contributed by atoms with Crippen LogP contribution in [0.2, 0.25) is 0 Å². The van der Waals surface area contributed by atoms with Crippen molar-refractivity contribution in [3.8, 4) is 0 Å². The van der Waals surface area contributed by atoms with E-state index in [4.69, 9.17) is 5.73 Å². The van der Waals surface area contributed by atoms with Crippen LogP contribution in [-0.2, 0) is 4.79 Å². The van der Waals surface area contributed by atoms with Crippen molar-refractivity contribution in [1.29, 1.82) is 0 Å². The van der Waals surface area contributed by atoms with Crippen LogP contribution in [0.25, 0.3) is 0 Å². The molecule has 0 amide bonds. The minimum atomic E-state index is 0.422. The monoisotopic (exact) mass is 256 g/mol. The molecule has 0 spiro atoms. The minimum absolute atomic E-state index is 0.422. The van der Waals surface area contributed by atoms with Crippen LogP contribution in [-0.4, -0.2) is 25.4 Å². The Bertz CT molecular complexity index is 168. The van der Waals surface area contributed by atoms with Gasteiger partial charge in [-0.05, 0) is 51.7 Å². The molecule has 3 heteroatoms. The van der Waals surface area contributed by atoms with Crippen LogP contribution < -0.4 is 11.1 Å². The summed E-state index contributed by atoms with van der Waals surface area (Å²) in [4.78, 5) is 11.1. The molecule has 0 radical (unpaired) electrons. The first kappa shape index (κ1) is 17.6. The molecule has 0 aromatic rings. The van der Waals surface area contributed by atoms with Crippen molar-refractivity contribution in [2.45, 2.75) is 71.1 Å². The van der Waals surface area contributed by atoms with E-state index in [1.165, 1.54) is 38.8 Å². The lowest BCUT2D eigenvalue weighted by molar-refractivity contribution is -0.119. The summed E-state index contributed by atoms with van der Waals surface area (Å²) >= 11 is 0. The van der Waals surface area contributed by atoms with E-state index in [1.54, 1.807) is 0 Å². The predicted molar refractivity (Wildman–Crippen MR) is 78.8 cm³/mol. The summed E-state index contributed by atoms with van der Waals surface area (Å²) in [5.41, 5.74) is 5.35. The maximum absolute atomic E-state index is 11.1. The van der Waals surface area contributed by atoms with Crippen LogP contribution >= 0.6 is 0 Å². The Balaban J connectivity index is 0.000000397. The number of nitrogens with two attached hydrogens (primary N) is 1. The van der Waals surface area contributed by atoms with Gasteiger partial charge in [0.2, 0.25) is 0 Å². The SMILES string of the molecule is C1CCNCC1.CCCC(=O)CCCCCCN. The van der Waals surface area contributed by atoms with Crippen molar-refractivity contribution in [3.05, 3.63) is 0 Å². The molecule has 0 bridgehead atoms. The zero-order valence-corrected chi connectivity index (χ0v) is 12.2. The van der Waals surface area contributed by atoms with Crippen LogP contribution in [0.3, 0.4) is 0 Å². The van der Waals surface area contributed by atoms with Crippen LogP contribution in [0, 0.1) is 0 Å². The Kier molecular flexibility index (Phi) is 14.3. The second kappa shape index (κ2) is 14.7. The Morgan fingerprint density at radius 2 is 1.67 bits per heavy atom. The molecule has 18 heavy (non-hydrogen) atoms. The van der Waals surface area contributed by atoms with Gasteiger partial charge in [0.05, 0.1) is 0 Å². The Morgan fingerprint density at radius 1 is 1.00 bits per heavy atom. The van der Waals surface area contributed by atoms with Crippen molar-refractivity contribution in [2.75, 3.05) is 19.6 Å². The van der Waals surface area contributed by atoms with E-state index in [9.17, 15) is 4.79 Å². The number of carbonyl (C=O) groups excluding carboxylic acids is 1. The Labute approximate surface area is 113 Å². The van der Waals surface area contributed by atoms with Gasteiger partial charge in [-0.25, -0.2) is 0 Å². The third kappa shape index (κ3) is 13.7. The highest BCUT2D eigenvalue weighted by molar-refractivity contribution is 5.78. The largest absolute Gasteiger partial charge is 0.330 e. The van der Waals surface area contributed by atoms with E-state index >= 15 is 0 Å². The fourth-order valence-electron chi connectivity index (χ4n) is 2.03. The normalized spacial score (nSPS) is 14.8. The summed E-state index contributed by atoms with van der Waals surface area (Å²) in [6, 6.07) is 0. The lowest BCUT2D eigenvalue weighted by atomic mass is 10.1. The van der Waals surface area contributed by atoms with Gasteiger partial charge in [-0.1, -0.05) is 26.2 Å². The molecule has 1 aliphatic rings. The van der Waals surface area contributed by atoms with E-state index in [-0.39, 0.29) is 0 Å². The molecular formula is C15H32N2O. The van der Waals surface area contributed by atoms with Gasteiger partial charge in [0, 0.05) is 12.8 Å². The second-order valence-corrected chi connectivity index (χ2v) is 5.05. The number of nitrogens with one attached hydrogen (secondary N) is 1.